The molecule has 2 amide bonds. The van der Waals surface area contributed by atoms with Crippen LogP contribution in [0, 0.1) is 5.41 Å². The van der Waals surface area contributed by atoms with Crippen molar-refractivity contribution >= 4 is 6.03 Å². The van der Waals surface area contributed by atoms with Crippen LogP contribution in [0.25, 0.3) is 0 Å². The maximum Gasteiger partial charge on any atom is 0.314 e. The lowest BCUT2D eigenvalue weighted by atomic mass is 9.87. The topological polar surface area (TPSA) is 94.7 Å². The molecule has 0 saturated carbocycles. The summed E-state index contributed by atoms with van der Waals surface area (Å²) < 4.78 is 5.14. The van der Waals surface area contributed by atoms with Crippen LogP contribution < -0.4 is 10.6 Å². The molecule has 4 N–H and O–H groups in total. The third kappa shape index (κ3) is 6.18. The summed E-state index contributed by atoms with van der Waals surface area (Å²) in [5.74, 6) is 0.400. The zero-order valence-corrected chi connectivity index (χ0v) is 13.1. The van der Waals surface area contributed by atoms with Crippen molar-refractivity contribution in [3.63, 3.8) is 0 Å². The molecule has 2 atom stereocenters. The Morgan fingerprint density at radius 3 is 2.48 bits per heavy atom. The number of rotatable bonds is 7. The number of hydrogen-bond donors (Lipinski definition) is 4. The van der Waals surface area contributed by atoms with E-state index in [-0.39, 0.29) is 18.0 Å². The molecule has 1 aromatic heterocycles. The molecule has 0 saturated heterocycles. The highest BCUT2D eigenvalue weighted by atomic mass is 16.4. The Bertz CT molecular complexity index is 439. The highest BCUT2D eigenvalue weighted by Gasteiger charge is 2.27. The van der Waals surface area contributed by atoms with Crippen LogP contribution in [0.15, 0.2) is 22.8 Å². The number of aliphatic hydroxyl groups is 2. The monoisotopic (exact) mass is 298 g/mol. The van der Waals surface area contributed by atoms with Crippen molar-refractivity contribution in [2.75, 3.05) is 13.1 Å². The molecule has 21 heavy (non-hydrogen) atoms. The number of hydrogen-bond acceptors (Lipinski definition) is 4. The molecule has 0 bridgehead atoms. The van der Waals surface area contributed by atoms with E-state index in [4.69, 9.17) is 4.42 Å². The average molecular weight is 298 g/mol. The van der Waals surface area contributed by atoms with Gasteiger partial charge < -0.3 is 25.3 Å². The van der Waals surface area contributed by atoms with Gasteiger partial charge in [0.25, 0.3) is 0 Å². The zero-order chi connectivity index (χ0) is 16.1. The molecule has 1 aromatic rings. The third-order valence-corrected chi connectivity index (χ3v) is 3.22. The molecule has 1 heterocycles. The summed E-state index contributed by atoms with van der Waals surface area (Å²) >= 11 is 0. The number of furan rings is 1. The highest BCUT2D eigenvalue weighted by molar-refractivity contribution is 5.73. The van der Waals surface area contributed by atoms with Gasteiger partial charge in [-0.05, 0) is 37.8 Å². The molecular weight excluding hydrogens is 272 g/mol. The second-order valence-corrected chi connectivity index (χ2v) is 6.50. The van der Waals surface area contributed by atoms with Crippen molar-refractivity contribution in [3.8, 4) is 0 Å². The first-order chi connectivity index (χ1) is 9.62. The van der Waals surface area contributed by atoms with Crippen LogP contribution in [0.5, 0.6) is 0 Å². The summed E-state index contributed by atoms with van der Waals surface area (Å²) in [5, 5.41) is 25.0. The molecule has 0 aliphatic heterocycles. The van der Waals surface area contributed by atoms with E-state index in [0.717, 1.165) is 0 Å². The van der Waals surface area contributed by atoms with Gasteiger partial charge in [-0.2, -0.15) is 0 Å². The van der Waals surface area contributed by atoms with Gasteiger partial charge in [-0.25, -0.2) is 4.79 Å². The average Bonchev–Trinajstić information content (AvgIpc) is 2.87. The Morgan fingerprint density at radius 2 is 1.95 bits per heavy atom. The van der Waals surface area contributed by atoms with Gasteiger partial charge in [0, 0.05) is 6.54 Å². The van der Waals surface area contributed by atoms with Crippen molar-refractivity contribution < 1.29 is 19.4 Å². The van der Waals surface area contributed by atoms with Crippen molar-refractivity contribution in [3.05, 3.63) is 24.2 Å². The fourth-order valence-electron chi connectivity index (χ4n) is 2.18. The summed E-state index contributed by atoms with van der Waals surface area (Å²) in [6.07, 6.45) is 1.66. The van der Waals surface area contributed by atoms with E-state index in [9.17, 15) is 15.0 Å². The summed E-state index contributed by atoms with van der Waals surface area (Å²) in [6, 6.07) is 2.98. The summed E-state index contributed by atoms with van der Waals surface area (Å²) in [7, 11) is 0. The van der Waals surface area contributed by atoms with Gasteiger partial charge in [0.15, 0.2) is 0 Å². The van der Waals surface area contributed by atoms with E-state index in [1.165, 1.54) is 6.26 Å². The van der Waals surface area contributed by atoms with Gasteiger partial charge >= 0.3 is 6.03 Å². The zero-order valence-electron chi connectivity index (χ0n) is 13.1. The van der Waals surface area contributed by atoms with E-state index < -0.39 is 11.7 Å². The standard InChI is InChI=1S/C15H26N2O4/c1-11(18)8-14(2,3)9-16-13(19)17-10-15(4,20)12-6-5-7-21-12/h5-7,11,18,20H,8-10H2,1-4H3,(H2,16,17,19). The van der Waals surface area contributed by atoms with E-state index in [1.54, 1.807) is 26.0 Å². The van der Waals surface area contributed by atoms with Crippen LogP contribution in [0.1, 0.15) is 39.9 Å². The molecule has 6 nitrogen and oxygen atoms in total. The third-order valence-electron chi connectivity index (χ3n) is 3.22. The van der Waals surface area contributed by atoms with Gasteiger partial charge in [0.2, 0.25) is 0 Å². The van der Waals surface area contributed by atoms with Gasteiger partial charge in [-0.1, -0.05) is 13.8 Å². The Morgan fingerprint density at radius 1 is 1.33 bits per heavy atom. The van der Waals surface area contributed by atoms with Crippen molar-refractivity contribution in [2.45, 2.75) is 45.8 Å². The lowest BCUT2D eigenvalue weighted by molar-refractivity contribution is 0.0366. The molecule has 2 unspecified atom stereocenters. The number of aliphatic hydroxyl groups excluding tert-OH is 1. The van der Waals surface area contributed by atoms with Crippen molar-refractivity contribution in [1.29, 1.82) is 0 Å². The van der Waals surface area contributed by atoms with Gasteiger partial charge in [0.1, 0.15) is 11.4 Å². The fraction of sp³-hybridized carbons (Fsp3) is 0.667. The lowest BCUT2D eigenvalue weighted by Gasteiger charge is -2.27. The van der Waals surface area contributed by atoms with Crippen LogP contribution >= 0.6 is 0 Å². The molecule has 0 spiro atoms. The van der Waals surface area contributed by atoms with E-state index in [1.807, 2.05) is 13.8 Å². The molecular formula is C15H26N2O4. The normalized spacial score (nSPS) is 16.1. The van der Waals surface area contributed by atoms with Gasteiger partial charge in [-0.15, -0.1) is 0 Å². The van der Waals surface area contributed by atoms with Gasteiger partial charge in [0.05, 0.1) is 18.9 Å². The molecule has 0 aliphatic rings. The second kappa shape index (κ2) is 6.95. The predicted molar refractivity (Wildman–Crippen MR) is 79.8 cm³/mol. The van der Waals surface area contributed by atoms with Crippen LogP contribution in [-0.2, 0) is 5.60 Å². The van der Waals surface area contributed by atoms with E-state index in [2.05, 4.69) is 10.6 Å². The maximum absolute atomic E-state index is 11.8. The summed E-state index contributed by atoms with van der Waals surface area (Å²) in [5.41, 5.74) is -1.45. The Kier molecular flexibility index (Phi) is 5.80. The molecule has 6 heteroatoms. The van der Waals surface area contributed by atoms with E-state index >= 15 is 0 Å². The van der Waals surface area contributed by atoms with Crippen LogP contribution in [0.2, 0.25) is 0 Å². The van der Waals surface area contributed by atoms with E-state index in [0.29, 0.717) is 18.7 Å². The Labute approximate surface area is 125 Å². The maximum atomic E-state index is 11.8. The second-order valence-electron chi connectivity index (χ2n) is 6.50. The number of amides is 2. The SMILES string of the molecule is CC(O)CC(C)(C)CNC(=O)NCC(C)(O)c1ccco1. The number of carbonyl (C=O) groups excluding carboxylic acids is 1. The molecule has 120 valence electrons. The Balaban J connectivity index is 2.38. The molecule has 0 radical (unpaired) electrons. The summed E-state index contributed by atoms with van der Waals surface area (Å²) in [4.78, 5) is 11.8. The first-order valence-electron chi connectivity index (χ1n) is 7.08. The fourth-order valence-corrected chi connectivity index (χ4v) is 2.18. The Hall–Kier alpha value is -1.53. The lowest BCUT2D eigenvalue weighted by Crippen LogP contribution is -2.46. The molecule has 0 aliphatic carbocycles. The van der Waals surface area contributed by atoms with Crippen molar-refractivity contribution in [1.82, 2.24) is 10.6 Å². The minimum Gasteiger partial charge on any atom is -0.466 e. The number of nitrogens with one attached hydrogen (secondary N) is 2. The van der Waals surface area contributed by atoms with Crippen LogP contribution in [-0.4, -0.2) is 35.4 Å². The van der Waals surface area contributed by atoms with Crippen LogP contribution in [0.4, 0.5) is 4.79 Å². The summed E-state index contributed by atoms with van der Waals surface area (Å²) in [6.45, 7) is 7.72. The first kappa shape index (κ1) is 17.5. The van der Waals surface area contributed by atoms with Gasteiger partial charge in [-0.3, -0.25) is 0 Å². The molecule has 0 fully saturated rings. The first-order valence-corrected chi connectivity index (χ1v) is 7.08. The number of carbonyl (C=O) groups is 1. The van der Waals surface area contributed by atoms with Crippen LogP contribution in [0.3, 0.4) is 0 Å². The van der Waals surface area contributed by atoms with Crippen molar-refractivity contribution in [2.24, 2.45) is 5.41 Å². The smallest absolute Gasteiger partial charge is 0.314 e. The largest absolute Gasteiger partial charge is 0.466 e. The highest BCUT2D eigenvalue weighted by Crippen LogP contribution is 2.21. The number of urea groups is 1. The predicted octanol–water partition coefficient (Wildman–Crippen LogP) is 1.58. The molecule has 1 rings (SSSR count). The quantitative estimate of drug-likeness (QED) is 0.615. The minimum absolute atomic E-state index is 0.0448. The molecule has 0 aromatic carbocycles. The minimum atomic E-state index is -1.25.